The molecule has 0 saturated carbocycles. The average molecular weight is 434 g/mol. The first-order valence-corrected chi connectivity index (χ1v) is 9.94. The number of nitrogens with zero attached hydrogens (tertiary/aromatic N) is 1. The van der Waals surface area contributed by atoms with Gasteiger partial charge in [0.05, 0.1) is 18.6 Å². The molecule has 7 nitrogen and oxygen atoms in total. The van der Waals surface area contributed by atoms with Crippen LogP contribution in [0.3, 0.4) is 0 Å². The van der Waals surface area contributed by atoms with E-state index in [0.29, 0.717) is 5.56 Å². The predicted octanol–water partition coefficient (Wildman–Crippen LogP) is 3.57. The van der Waals surface area contributed by atoms with Gasteiger partial charge in [0.25, 0.3) is 0 Å². The van der Waals surface area contributed by atoms with Crippen molar-refractivity contribution in [3.05, 3.63) is 81.4 Å². The van der Waals surface area contributed by atoms with Gasteiger partial charge in [-0.2, -0.15) is 0 Å². The van der Waals surface area contributed by atoms with Crippen LogP contribution in [0.2, 0.25) is 0 Å². The van der Waals surface area contributed by atoms with E-state index in [1.807, 2.05) is 0 Å². The molecule has 1 saturated heterocycles. The second kappa shape index (κ2) is 9.49. The summed E-state index contributed by atoms with van der Waals surface area (Å²) < 4.78 is 33.9. The highest BCUT2D eigenvalue weighted by Gasteiger charge is 2.57. The number of carboxylic acids is 1. The number of carboxylic acid groups (broad SMARTS) is 1. The fourth-order valence-electron chi connectivity index (χ4n) is 4.26. The largest absolute Gasteiger partial charge is 0.480 e. The lowest BCUT2D eigenvalue weighted by molar-refractivity contribution is -0.535. The van der Waals surface area contributed by atoms with Crippen molar-refractivity contribution in [3.63, 3.8) is 0 Å². The Labute approximate surface area is 178 Å². The van der Waals surface area contributed by atoms with Gasteiger partial charge in [-0.25, -0.2) is 8.78 Å². The standard InChI is InChI=1S/C22H24F2N2O5/c1-12(2)21(31-11-14-15(23)9-6-10-16(14)24)17-19(22(27)28)25-18(20(17)26(29)30)13-7-4-3-5-8-13/h3-10,12,17-21,25H,11H2,1-2H3,(H,27,28)/t17-,18+,19+,20+,21+/m1/s1. The monoisotopic (exact) mass is 434 g/mol. The Bertz CT molecular complexity index is 921. The van der Waals surface area contributed by atoms with Crippen LogP contribution >= 0.6 is 0 Å². The molecule has 2 aromatic rings. The molecule has 3 rings (SSSR count). The minimum Gasteiger partial charge on any atom is -0.480 e. The normalized spacial score (nSPS) is 24.3. The number of ether oxygens (including phenoxy) is 1. The van der Waals surface area contributed by atoms with Gasteiger partial charge in [0.1, 0.15) is 23.7 Å². The lowest BCUT2D eigenvalue weighted by Gasteiger charge is -2.30. The summed E-state index contributed by atoms with van der Waals surface area (Å²) in [5.74, 6) is -4.25. The molecule has 0 unspecified atom stereocenters. The topological polar surface area (TPSA) is 102 Å². The Morgan fingerprint density at radius 2 is 1.77 bits per heavy atom. The number of hydrogen-bond donors (Lipinski definition) is 2. The van der Waals surface area contributed by atoms with E-state index in [4.69, 9.17) is 4.74 Å². The lowest BCUT2D eigenvalue weighted by atomic mass is 9.82. The van der Waals surface area contributed by atoms with Gasteiger partial charge in [0.15, 0.2) is 0 Å². The van der Waals surface area contributed by atoms with Crippen LogP contribution in [0.4, 0.5) is 8.78 Å². The second-order valence-corrected chi connectivity index (χ2v) is 7.94. The molecule has 1 aliphatic rings. The molecule has 1 fully saturated rings. The Morgan fingerprint density at radius 3 is 2.29 bits per heavy atom. The number of nitro groups is 1. The fourth-order valence-corrected chi connectivity index (χ4v) is 4.26. The maximum atomic E-state index is 14.0. The Kier molecular flexibility index (Phi) is 6.97. The molecule has 0 amide bonds. The molecule has 31 heavy (non-hydrogen) atoms. The van der Waals surface area contributed by atoms with E-state index in [9.17, 15) is 28.8 Å². The number of nitrogens with one attached hydrogen (secondary N) is 1. The quantitative estimate of drug-likeness (QED) is 0.487. The van der Waals surface area contributed by atoms with E-state index < -0.39 is 59.3 Å². The van der Waals surface area contributed by atoms with E-state index in [1.54, 1.807) is 44.2 Å². The van der Waals surface area contributed by atoms with E-state index in [0.717, 1.165) is 12.1 Å². The van der Waals surface area contributed by atoms with Crippen molar-refractivity contribution in [2.75, 3.05) is 0 Å². The highest BCUT2D eigenvalue weighted by atomic mass is 19.1. The summed E-state index contributed by atoms with van der Waals surface area (Å²) in [5, 5.41) is 24.7. The molecule has 0 radical (unpaired) electrons. The average Bonchev–Trinajstić information content (AvgIpc) is 3.11. The molecule has 0 aliphatic carbocycles. The van der Waals surface area contributed by atoms with Gasteiger partial charge < -0.3 is 9.84 Å². The summed E-state index contributed by atoms with van der Waals surface area (Å²) >= 11 is 0. The van der Waals surface area contributed by atoms with Crippen molar-refractivity contribution in [1.29, 1.82) is 0 Å². The van der Waals surface area contributed by atoms with Gasteiger partial charge in [-0.3, -0.25) is 20.2 Å². The van der Waals surface area contributed by atoms with Crippen molar-refractivity contribution in [3.8, 4) is 0 Å². The molecule has 0 aromatic heterocycles. The zero-order chi connectivity index (χ0) is 22.7. The van der Waals surface area contributed by atoms with E-state index in [-0.39, 0.29) is 11.5 Å². The maximum Gasteiger partial charge on any atom is 0.321 e. The number of hydrogen-bond acceptors (Lipinski definition) is 5. The van der Waals surface area contributed by atoms with Crippen LogP contribution in [-0.4, -0.2) is 34.2 Å². The molecule has 166 valence electrons. The molecular weight excluding hydrogens is 410 g/mol. The molecule has 2 N–H and O–H groups in total. The van der Waals surface area contributed by atoms with Crippen LogP contribution in [-0.2, 0) is 16.1 Å². The lowest BCUT2D eigenvalue weighted by Crippen LogP contribution is -2.47. The van der Waals surface area contributed by atoms with Crippen molar-refractivity contribution in [1.82, 2.24) is 5.32 Å². The fraction of sp³-hybridized carbons (Fsp3) is 0.409. The molecule has 9 heteroatoms. The SMILES string of the molecule is CC(C)[C@H](OCc1c(F)cccc1F)[C@H]1[C@H]([N+](=O)[O-])[C@H](c2ccccc2)N[C@@H]1C(=O)O. The van der Waals surface area contributed by atoms with Crippen LogP contribution in [0.1, 0.15) is 31.0 Å². The first kappa shape index (κ1) is 22.8. The van der Waals surface area contributed by atoms with E-state index in [2.05, 4.69) is 5.32 Å². The Balaban J connectivity index is 1.96. The summed E-state index contributed by atoms with van der Waals surface area (Å²) in [5.41, 5.74) is 0.281. The molecule has 1 heterocycles. The molecule has 2 aromatic carbocycles. The van der Waals surface area contributed by atoms with Gasteiger partial charge in [-0.05, 0) is 23.6 Å². The van der Waals surface area contributed by atoms with Gasteiger partial charge in [0, 0.05) is 10.5 Å². The molecule has 1 aliphatic heterocycles. The van der Waals surface area contributed by atoms with Crippen LogP contribution in [0.25, 0.3) is 0 Å². The van der Waals surface area contributed by atoms with Crippen LogP contribution < -0.4 is 5.32 Å². The van der Waals surface area contributed by atoms with E-state index in [1.165, 1.54) is 6.07 Å². The summed E-state index contributed by atoms with van der Waals surface area (Å²) in [6, 6.07) is 8.56. The predicted molar refractivity (Wildman–Crippen MR) is 108 cm³/mol. The number of rotatable bonds is 8. The smallest absolute Gasteiger partial charge is 0.321 e. The zero-order valence-corrected chi connectivity index (χ0v) is 17.1. The number of halogens is 2. The van der Waals surface area contributed by atoms with Crippen molar-refractivity contribution < 1.29 is 28.3 Å². The highest BCUT2D eigenvalue weighted by molar-refractivity contribution is 5.75. The van der Waals surface area contributed by atoms with Gasteiger partial charge in [0.2, 0.25) is 6.04 Å². The molecular formula is C22H24F2N2O5. The third-order valence-electron chi connectivity index (χ3n) is 5.67. The van der Waals surface area contributed by atoms with Crippen molar-refractivity contribution in [2.24, 2.45) is 11.8 Å². The zero-order valence-electron chi connectivity index (χ0n) is 17.1. The van der Waals surface area contributed by atoms with Crippen molar-refractivity contribution in [2.45, 2.75) is 44.7 Å². The summed E-state index contributed by atoms with van der Waals surface area (Å²) in [7, 11) is 0. The first-order valence-electron chi connectivity index (χ1n) is 9.94. The Hall–Kier alpha value is -2.91. The molecule has 0 spiro atoms. The minimum atomic E-state index is -1.30. The van der Waals surface area contributed by atoms with E-state index >= 15 is 0 Å². The summed E-state index contributed by atoms with van der Waals surface area (Å²) in [6.45, 7) is 2.99. The van der Waals surface area contributed by atoms with Crippen LogP contribution in [0, 0.1) is 33.6 Å². The highest BCUT2D eigenvalue weighted by Crippen LogP contribution is 2.39. The van der Waals surface area contributed by atoms with Gasteiger partial charge >= 0.3 is 5.97 Å². The third-order valence-corrected chi connectivity index (χ3v) is 5.67. The van der Waals surface area contributed by atoms with Gasteiger partial charge in [-0.15, -0.1) is 0 Å². The summed E-state index contributed by atoms with van der Waals surface area (Å²) in [6.07, 6.45) is -0.934. The minimum absolute atomic E-state index is 0.303. The third kappa shape index (κ3) is 4.72. The Morgan fingerprint density at radius 1 is 1.16 bits per heavy atom. The first-order chi connectivity index (χ1) is 14.7. The van der Waals surface area contributed by atoms with Crippen molar-refractivity contribution >= 4 is 5.97 Å². The number of benzene rings is 2. The summed E-state index contributed by atoms with van der Waals surface area (Å²) in [4.78, 5) is 23.6. The molecule has 0 bridgehead atoms. The number of carbonyl (C=O) groups is 1. The second-order valence-electron chi connectivity index (χ2n) is 7.94. The maximum absolute atomic E-state index is 14.0. The van der Waals surface area contributed by atoms with Gasteiger partial charge in [-0.1, -0.05) is 50.2 Å². The van der Waals surface area contributed by atoms with Crippen LogP contribution in [0.15, 0.2) is 48.5 Å². The van der Waals surface area contributed by atoms with Crippen LogP contribution in [0.5, 0.6) is 0 Å². The number of aliphatic carboxylic acids is 1. The molecule has 5 atom stereocenters.